The van der Waals surface area contributed by atoms with E-state index in [1.165, 1.54) is 0 Å². The first kappa shape index (κ1) is 33.5. The van der Waals surface area contributed by atoms with Crippen molar-refractivity contribution >= 4 is 39.6 Å². The smallest absolute Gasteiger partial charge is 0.487 e. The molecule has 0 aliphatic rings. The first-order valence-corrected chi connectivity index (χ1v) is 12.4. The lowest BCUT2D eigenvalue weighted by molar-refractivity contribution is 0.267. The maximum Gasteiger partial charge on any atom is 0.864 e. The van der Waals surface area contributed by atoms with Crippen LogP contribution < -0.4 is 14.0 Å². The first-order valence-electron chi connectivity index (χ1n) is 12.4. The van der Waals surface area contributed by atoms with E-state index in [-0.39, 0.29) is 12.1 Å². The second-order valence-electron chi connectivity index (χ2n) is 9.65. The topological polar surface area (TPSA) is 27.7 Å². The van der Waals surface area contributed by atoms with Crippen LogP contribution in [0.2, 0.25) is 0 Å². The molecule has 0 bridgehead atoms. The summed E-state index contributed by atoms with van der Waals surface area (Å²) in [6.07, 6.45) is 0. The van der Waals surface area contributed by atoms with E-state index in [0.717, 1.165) is 0 Å². The van der Waals surface area contributed by atoms with Gasteiger partial charge in [0, 0.05) is 22.9 Å². The lowest BCUT2D eigenvalue weighted by Gasteiger charge is -2.22. The van der Waals surface area contributed by atoms with E-state index in [1.54, 1.807) is 0 Å². The Balaban J connectivity index is 1.69. The van der Waals surface area contributed by atoms with Gasteiger partial charge < -0.3 is 14.0 Å². The monoisotopic (exact) mass is 720 g/mol. The van der Waals surface area contributed by atoms with Gasteiger partial charge in [-0.05, 0) is 0 Å². The van der Waals surface area contributed by atoms with Crippen LogP contribution in [0.1, 0.15) is 0 Å². The van der Waals surface area contributed by atoms with Crippen molar-refractivity contribution in [2.75, 3.05) is 0 Å². The average Bonchev–Trinajstić information content (AvgIpc) is 3.05. The minimum Gasteiger partial charge on any atom is -0.487 e. The lowest BCUT2D eigenvalue weighted by atomic mass is 9.90. The van der Waals surface area contributed by atoms with Gasteiger partial charge in [0.2, 0.25) is 34.9 Å². The summed E-state index contributed by atoms with van der Waals surface area (Å²) in [5, 5.41) is -11.4. The van der Waals surface area contributed by atoms with Gasteiger partial charge in [0.25, 0.3) is 0 Å². The predicted octanol–water partition coefficient (Wildman–Crippen LogP) is 9.47. The Bertz CT molecular complexity index is 2370. The third-order valence-electron chi connectivity index (χ3n) is 6.96. The van der Waals surface area contributed by atoms with Crippen molar-refractivity contribution in [2.45, 2.75) is 0 Å². The van der Waals surface area contributed by atoms with E-state index in [1.807, 2.05) is 0 Å². The standard InChI is InChI=1S/C28H2BF17O3/c30-3-1-4(31)12(32)5(2-3)47-29(49-28-25(45)22(42)21(41)23(43)26(28)46)48-27-11-7-6-8(13(33)14(34)10(7)18(38)24(27)44)16(36)20(40)17(37)9(6)15(35)19(11)39/h1-2H. The largest absolute Gasteiger partial charge is 0.864 e. The number of benzene rings is 6. The van der Waals surface area contributed by atoms with Gasteiger partial charge in [0.05, 0.1) is 21.5 Å². The zero-order valence-corrected chi connectivity index (χ0v) is 22.4. The molecule has 0 saturated heterocycles. The summed E-state index contributed by atoms with van der Waals surface area (Å²) in [6.45, 7) is 0. The van der Waals surface area contributed by atoms with E-state index in [0.29, 0.717) is 0 Å². The van der Waals surface area contributed by atoms with Crippen molar-refractivity contribution in [1.29, 1.82) is 0 Å². The number of hydrogen-bond donors (Lipinski definition) is 0. The molecule has 0 saturated carbocycles. The molecule has 254 valence electrons. The summed E-state index contributed by atoms with van der Waals surface area (Å²) in [6, 6.07) is -0.234. The third-order valence-corrected chi connectivity index (χ3v) is 6.96. The summed E-state index contributed by atoms with van der Waals surface area (Å²) in [5.74, 6) is -50.5. The van der Waals surface area contributed by atoms with Crippen LogP contribution in [-0.2, 0) is 0 Å². The fourth-order valence-electron chi connectivity index (χ4n) is 4.88. The third kappa shape index (κ3) is 4.68. The molecule has 6 rings (SSSR count). The van der Waals surface area contributed by atoms with Crippen LogP contribution in [0.15, 0.2) is 12.1 Å². The molecule has 6 aromatic rings. The Kier molecular flexibility index (Phi) is 7.78. The first-order chi connectivity index (χ1) is 22.9. The van der Waals surface area contributed by atoms with Gasteiger partial charge in [-0.2, -0.15) is 17.6 Å². The van der Waals surface area contributed by atoms with Gasteiger partial charge in [-0.25, -0.2) is 57.1 Å². The molecule has 49 heavy (non-hydrogen) atoms. The van der Waals surface area contributed by atoms with Crippen LogP contribution in [-0.4, -0.2) is 7.32 Å². The molecule has 0 unspecified atom stereocenters. The molecule has 0 aliphatic carbocycles. The second-order valence-corrected chi connectivity index (χ2v) is 9.65. The van der Waals surface area contributed by atoms with Crippen molar-refractivity contribution in [3.63, 3.8) is 0 Å². The van der Waals surface area contributed by atoms with Crippen LogP contribution in [0.3, 0.4) is 0 Å². The minimum atomic E-state index is -3.61. The maximum atomic E-state index is 15.6. The highest BCUT2D eigenvalue weighted by Gasteiger charge is 2.42. The normalized spacial score (nSPS) is 11.8. The Morgan fingerprint density at radius 2 is 0.653 bits per heavy atom. The van der Waals surface area contributed by atoms with Crippen LogP contribution in [0.4, 0.5) is 74.6 Å². The van der Waals surface area contributed by atoms with E-state index < -0.39 is 156 Å². The van der Waals surface area contributed by atoms with Gasteiger partial charge in [-0.3, -0.25) is 0 Å². The molecule has 21 heteroatoms. The summed E-state index contributed by atoms with van der Waals surface area (Å²) in [5.41, 5.74) is 0. The Morgan fingerprint density at radius 1 is 0.306 bits per heavy atom. The number of hydrogen-bond acceptors (Lipinski definition) is 3. The molecule has 3 nitrogen and oxygen atoms in total. The van der Waals surface area contributed by atoms with Gasteiger partial charge >= 0.3 is 7.32 Å². The molecule has 0 amide bonds. The van der Waals surface area contributed by atoms with Gasteiger partial charge in [-0.1, -0.05) is 0 Å². The highest BCUT2D eigenvalue weighted by molar-refractivity contribution is 6.40. The Labute approximate surface area is 257 Å². The van der Waals surface area contributed by atoms with E-state index in [4.69, 9.17) is 0 Å². The summed E-state index contributed by atoms with van der Waals surface area (Å²) in [7, 11) is -3.61. The molecular formula is C28H2BF17O3. The zero-order valence-electron chi connectivity index (χ0n) is 22.4. The van der Waals surface area contributed by atoms with Crippen LogP contribution >= 0.6 is 0 Å². The summed E-state index contributed by atoms with van der Waals surface area (Å²) >= 11 is 0. The van der Waals surface area contributed by atoms with Crippen molar-refractivity contribution in [3.8, 4) is 17.2 Å². The minimum absolute atomic E-state index is 0.101. The van der Waals surface area contributed by atoms with Gasteiger partial charge in [0.1, 0.15) is 11.6 Å². The molecule has 0 N–H and O–H groups in total. The second kappa shape index (κ2) is 11.4. The molecular weight excluding hydrogens is 718 g/mol. The van der Waals surface area contributed by atoms with Crippen molar-refractivity contribution in [3.05, 3.63) is 111 Å². The summed E-state index contributed by atoms with van der Waals surface area (Å²) in [4.78, 5) is 0. The molecule has 0 radical (unpaired) electrons. The summed E-state index contributed by atoms with van der Waals surface area (Å²) < 4.78 is 261. The van der Waals surface area contributed by atoms with Crippen LogP contribution in [0, 0.1) is 98.9 Å². The van der Waals surface area contributed by atoms with Crippen LogP contribution in [0.25, 0.3) is 32.3 Å². The zero-order chi connectivity index (χ0) is 36.1. The molecule has 0 fully saturated rings. The lowest BCUT2D eigenvalue weighted by Crippen LogP contribution is -2.38. The molecule has 0 spiro atoms. The fraction of sp³-hybridized carbons (Fsp3) is 0. The molecule has 0 heterocycles. The molecule has 0 aromatic heterocycles. The Morgan fingerprint density at radius 3 is 1.16 bits per heavy atom. The Hall–Kier alpha value is -5.37. The van der Waals surface area contributed by atoms with Crippen LogP contribution in [0.5, 0.6) is 17.2 Å². The van der Waals surface area contributed by atoms with Crippen molar-refractivity contribution in [2.24, 2.45) is 0 Å². The maximum absolute atomic E-state index is 15.6. The van der Waals surface area contributed by atoms with Crippen molar-refractivity contribution < 1.29 is 88.6 Å². The fourth-order valence-corrected chi connectivity index (χ4v) is 4.88. The molecule has 6 aromatic carbocycles. The number of rotatable bonds is 6. The van der Waals surface area contributed by atoms with Crippen molar-refractivity contribution in [1.82, 2.24) is 0 Å². The average molecular weight is 720 g/mol. The quantitative estimate of drug-likeness (QED) is 0.0565. The van der Waals surface area contributed by atoms with E-state index >= 15 is 22.0 Å². The van der Waals surface area contributed by atoms with Gasteiger partial charge in [-0.15, -0.1) is 0 Å². The molecule has 0 aliphatic heterocycles. The van der Waals surface area contributed by atoms with E-state index in [2.05, 4.69) is 14.0 Å². The number of halogens is 17. The SMILES string of the molecule is Fc1cc(F)c(F)c(OB(Oc2c(F)c(F)c(F)c(F)c2F)Oc2c(F)c(F)c3c(F)c(F)c4c(F)c(F)c(F)c5c(F)c(F)c2c3c45)c1. The van der Waals surface area contributed by atoms with Gasteiger partial charge in [0.15, 0.2) is 69.7 Å². The van der Waals surface area contributed by atoms with E-state index in [9.17, 15) is 52.7 Å². The highest BCUT2D eigenvalue weighted by Crippen LogP contribution is 2.48. The predicted molar refractivity (Wildman–Crippen MR) is 130 cm³/mol. The molecule has 0 atom stereocenters. The highest BCUT2D eigenvalue weighted by atomic mass is 19.2.